The summed E-state index contributed by atoms with van der Waals surface area (Å²) in [5.74, 6) is 0.885. The smallest absolute Gasteiger partial charge is 0.160 e. The SMILES string of the molecule is CC1=NC(NCN2CCNCC2)(c2cccc(Cl)c2)C=CN1.Cl.Cl. The van der Waals surface area contributed by atoms with Gasteiger partial charge in [-0.15, -0.1) is 24.8 Å². The standard InChI is InChI=1S/C16H22ClN5.2ClH/c1-13-19-6-5-16(21-13,14-3-2-4-15(17)11-14)20-12-22-9-7-18-8-10-22;;/h2-6,11,18,20H,7-10,12H2,1H3,(H,19,21);2*1H. The van der Waals surface area contributed by atoms with Crippen LogP contribution in [0.4, 0.5) is 0 Å². The van der Waals surface area contributed by atoms with E-state index in [2.05, 4.69) is 26.9 Å². The Balaban J connectivity index is 0.00000144. The van der Waals surface area contributed by atoms with Crippen molar-refractivity contribution in [3.63, 3.8) is 0 Å². The van der Waals surface area contributed by atoms with Gasteiger partial charge in [-0.1, -0.05) is 23.7 Å². The third kappa shape index (κ3) is 5.09. The topological polar surface area (TPSA) is 51.7 Å². The van der Waals surface area contributed by atoms with Gasteiger partial charge < -0.3 is 10.6 Å². The molecular weight excluding hydrogens is 369 g/mol. The van der Waals surface area contributed by atoms with E-state index in [-0.39, 0.29) is 24.8 Å². The molecule has 1 atom stereocenters. The average molecular weight is 393 g/mol. The second-order valence-corrected chi connectivity index (χ2v) is 6.09. The molecule has 0 spiro atoms. The Bertz CT molecular complexity index is 587. The predicted octanol–water partition coefficient (Wildman–Crippen LogP) is 2.32. The van der Waals surface area contributed by atoms with E-state index in [0.29, 0.717) is 0 Å². The van der Waals surface area contributed by atoms with Gasteiger partial charge in [0.05, 0.1) is 6.67 Å². The molecule has 5 nitrogen and oxygen atoms in total. The van der Waals surface area contributed by atoms with Crippen molar-refractivity contribution in [3.8, 4) is 0 Å². The van der Waals surface area contributed by atoms with Crippen LogP contribution < -0.4 is 16.0 Å². The first-order chi connectivity index (χ1) is 10.7. The Labute approximate surface area is 160 Å². The number of aliphatic imine (C=N–C) groups is 1. The average Bonchev–Trinajstić information content (AvgIpc) is 2.54. The normalized spacial score (nSPS) is 23.5. The van der Waals surface area contributed by atoms with E-state index < -0.39 is 5.66 Å². The summed E-state index contributed by atoms with van der Waals surface area (Å²) in [7, 11) is 0. The van der Waals surface area contributed by atoms with Gasteiger partial charge in [0.2, 0.25) is 0 Å². The third-order valence-corrected chi connectivity index (χ3v) is 4.24. The van der Waals surface area contributed by atoms with Crippen LogP contribution in [0.25, 0.3) is 0 Å². The van der Waals surface area contributed by atoms with Crippen molar-refractivity contribution < 1.29 is 0 Å². The van der Waals surface area contributed by atoms with E-state index in [0.717, 1.165) is 49.3 Å². The Morgan fingerprint density at radius 2 is 2.04 bits per heavy atom. The lowest BCUT2D eigenvalue weighted by Crippen LogP contribution is -2.52. The van der Waals surface area contributed by atoms with Gasteiger partial charge in [0.1, 0.15) is 5.84 Å². The monoisotopic (exact) mass is 391 g/mol. The van der Waals surface area contributed by atoms with Crippen molar-refractivity contribution in [1.29, 1.82) is 0 Å². The minimum Gasteiger partial charge on any atom is -0.351 e. The van der Waals surface area contributed by atoms with Crippen molar-refractivity contribution >= 4 is 42.3 Å². The van der Waals surface area contributed by atoms with Crippen molar-refractivity contribution in [2.24, 2.45) is 4.99 Å². The van der Waals surface area contributed by atoms with Crippen LogP contribution in [0.3, 0.4) is 0 Å². The lowest BCUT2D eigenvalue weighted by molar-refractivity contribution is 0.199. The molecule has 1 aromatic carbocycles. The molecule has 3 N–H and O–H groups in total. The fourth-order valence-electron chi connectivity index (χ4n) is 2.81. The number of benzene rings is 1. The van der Waals surface area contributed by atoms with E-state index in [4.69, 9.17) is 16.6 Å². The second kappa shape index (κ2) is 9.61. The first kappa shape index (κ1) is 21.2. The van der Waals surface area contributed by atoms with Gasteiger partial charge in [-0.25, -0.2) is 4.99 Å². The highest BCUT2D eigenvalue weighted by Crippen LogP contribution is 2.28. The maximum atomic E-state index is 6.18. The fourth-order valence-corrected chi connectivity index (χ4v) is 3.00. The van der Waals surface area contributed by atoms with E-state index in [9.17, 15) is 0 Å². The summed E-state index contributed by atoms with van der Waals surface area (Å²) in [6.45, 7) is 6.91. The number of piperazine rings is 1. The van der Waals surface area contributed by atoms with Gasteiger partial charge in [-0.3, -0.25) is 10.2 Å². The van der Waals surface area contributed by atoms with Crippen molar-refractivity contribution in [3.05, 3.63) is 47.1 Å². The van der Waals surface area contributed by atoms with Gasteiger partial charge in [-0.05, 0) is 30.7 Å². The van der Waals surface area contributed by atoms with E-state index in [1.54, 1.807) is 0 Å². The first-order valence-electron chi connectivity index (χ1n) is 7.63. The van der Waals surface area contributed by atoms with E-state index >= 15 is 0 Å². The zero-order valence-corrected chi connectivity index (χ0v) is 16.0. The van der Waals surface area contributed by atoms with Gasteiger partial charge in [-0.2, -0.15) is 0 Å². The number of hydrogen-bond donors (Lipinski definition) is 3. The highest BCUT2D eigenvalue weighted by molar-refractivity contribution is 6.30. The Hall–Kier alpha value is -0.820. The number of halogens is 3. The Kier molecular flexibility index (Phi) is 8.50. The molecule has 8 heteroatoms. The molecule has 0 bridgehead atoms. The van der Waals surface area contributed by atoms with Gasteiger partial charge >= 0.3 is 0 Å². The summed E-state index contributed by atoms with van der Waals surface area (Å²) in [6, 6.07) is 7.88. The molecule has 24 heavy (non-hydrogen) atoms. The molecule has 1 fully saturated rings. The second-order valence-electron chi connectivity index (χ2n) is 5.65. The fraction of sp³-hybridized carbons (Fsp3) is 0.438. The minimum atomic E-state index is -0.564. The Morgan fingerprint density at radius 3 is 2.71 bits per heavy atom. The maximum absolute atomic E-state index is 6.18. The summed E-state index contributed by atoms with van der Waals surface area (Å²) in [5, 5.41) is 10.8. The van der Waals surface area contributed by atoms with Crippen LogP contribution in [0.2, 0.25) is 5.02 Å². The molecule has 0 radical (unpaired) electrons. The molecule has 1 unspecified atom stereocenters. The molecule has 0 aliphatic carbocycles. The van der Waals surface area contributed by atoms with Crippen LogP contribution in [0.15, 0.2) is 41.5 Å². The van der Waals surface area contributed by atoms with Crippen LogP contribution in [0, 0.1) is 0 Å². The summed E-state index contributed by atoms with van der Waals surface area (Å²) < 4.78 is 0. The highest BCUT2D eigenvalue weighted by atomic mass is 35.5. The van der Waals surface area contributed by atoms with Crippen molar-refractivity contribution in [1.82, 2.24) is 20.9 Å². The first-order valence-corrected chi connectivity index (χ1v) is 8.01. The molecule has 0 saturated carbocycles. The molecule has 0 aromatic heterocycles. The lowest BCUT2D eigenvalue weighted by atomic mass is 9.99. The largest absolute Gasteiger partial charge is 0.351 e. The molecule has 3 rings (SSSR count). The molecule has 2 heterocycles. The maximum Gasteiger partial charge on any atom is 0.160 e. The molecule has 0 amide bonds. The van der Waals surface area contributed by atoms with E-state index in [1.807, 2.05) is 37.4 Å². The molecule has 2 aliphatic rings. The predicted molar refractivity (Wildman–Crippen MR) is 105 cm³/mol. The number of nitrogens with zero attached hydrogens (tertiary/aromatic N) is 2. The third-order valence-electron chi connectivity index (χ3n) is 4.01. The summed E-state index contributed by atoms with van der Waals surface area (Å²) in [5.41, 5.74) is 0.484. The van der Waals surface area contributed by atoms with Crippen LogP contribution in [0.5, 0.6) is 0 Å². The van der Waals surface area contributed by atoms with Crippen LogP contribution in [0.1, 0.15) is 12.5 Å². The zero-order chi connectivity index (χ0) is 15.4. The van der Waals surface area contributed by atoms with E-state index in [1.165, 1.54) is 0 Å². The number of hydrogen-bond acceptors (Lipinski definition) is 5. The zero-order valence-electron chi connectivity index (χ0n) is 13.6. The highest BCUT2D eigenvalue weighted by Gasteiger charge is 2.31. The lowest BCUT2D eigenvalue weighted by Gasteiger charge is -2.35. The summed E-state index contributed by atoms with van der Waals surface area (Å²) in [6.07, 6.45) is 3.99. The van der Waals surface area contributed by atoms with Gasteiger partial charge in [0.15, 0.2) is 5.66 Å². The van der Waals surface area contributed by atoms with Crippen LogP contribution in [-0.4, -0.2) is 43.6 Å². The number of amidine groups is 1. The molecular formula is C16H24Cl3N5. The molecule has 134 valence electrons. The van der Waals surface area contributed by atoms with Crippen molar-refractivity contribution in [2.75, 3.05) is 32.8 Å². The number of nitrogens with one attached hydrogen (secondary N) is 3. The molecule has 1 saturated heterocycles. The summed E-state index contributed by atoms with van der Waals surface area (Å²) >= 11 is 6.18. The summed E-state index contributed by atoms with van der Waals surface area (Å²) in [4.78, 5) is 7.21. The molecule has 1 aromatic rings. The quantitative estimate of drug-likeness (QED) is 0.736. The van der Waals surface area contributed by atoms with Crippen LogP contribution >= 0.6 is 36.4 Å². The van der Waals surface area contributed by atoms with Crippen LogP contribution in [-0.2, 0) is 5.66 Å². The number of rotatable bonds is 4. The Morgan fingerprint density at radius 1 is 1.29 bits per heavy atom. The van der Waals surface area contributed by atoms with Crippen molar-refractivity contribution in [2.45, 2.75) is 12.6 Å². The minimum absolute atomic E-state index is 0. The molecule has 2 aliphatic heterocycles. The van der Waals surface area contributed by atoms with Gasteiger partial charge in [0, 0.05) is 37.4 Å². The van der Waals surface area contributed by atoms with Gasteiger partial charge in [0.25, 0.3) is 0 Å².